The number of carbonyl (C=O) groups excluding carboxylic acids is 2. The highest BCUT2D eigenvalue weighted by Crippen LogP contribution is 2.41. The molecule has 1 aliphatic rings. The molecule has 21 heavy (non-hydrogen) atoms. The monoisotopic (exact) mass is 281 g/mol. The second kappa shape index (κ2) is 5.05. The van der Waals surface area contributed by atoms with Crippen molar-refractivity contribution in [2.45, 2.75) is 19.3 Å². The summed E-state index contributed by atoms with van der Waals surface area (Å²) < 4.78 is 5.94. The van der Waals surface area contributed by atoms with Crippen LogP contribution < -0.4 is 10.5 Å². The molecule has 1 amide bonds. The predicted molar refractivity (Wildman–Crippen MR) is 78.6 cm³/mol. The van der Waals surface area contributed by atoms with Gasteiger partial charge in [0.15, 0.2) is 5.78 Å². The normalized spacial score (nSPS) is 16.4. The molecule has 1 heterocycles. The zero-order chi connectivity index (χ0) is 15.0. The minimum Gasteiger partial charge on any atom is -0.456 e. The maximum absolute atomic E-state index is 12.8. The van der Waals surface area contributed by atoms with Crippen LogP contribution in [0, 0.1) is 6.92 Å². The number of carbonyl (C=O) groups is 2. The van der Waals surface area contributed by atoms with Gasteiger partial charge in [0.1, 0.15) is 11.5 Å². The molecule has 106 valence electrons. The van der Waals surface area contributed by atoms with Crippen molar-refractivity contribution < 1.29 is 14.3 Å². The summed E-state index contributed by atoms with van der Waals surface area (Å²) in [6.07, 6.45) is -0.0212. The molecule has 4 nitrogen and oxygen atoms in total. The summed E-state index contributed by atoms with van der Waals surface area (Å²) in [7, 11) is 0. The van der Waals surface area contributed by atoms with Crippen molar-refractivity contribution >= 4 is 11.7 Å². The minimum atomic E-state index is -0.596. The molecule has 1 unspecified atom stereocenters. The van der Waals surface area contributed by atoms with Crippen molar-refractivity contribution in [2.75, 3.05) is 0 Å². The number of Topliss-reactive ketones (excluding diaryl/α,β-unsaturated/α-hetero) is 1. The van der Waals surface area contributed by atoms with E-state index in [2.05, 4.69) is 0 Å². The van der Waals surface area contributed by atoms with Gasteiger partial charge >= 0.3 is 0 Å². The zero-order valence-corrected chi connectivity index (χ0v) is 11.6. The highest BCUT2D eigenvalue weighted by Gasteiger charge is 2.32. The molecule has 2 N–H and O–H groups in total. The third kappa shape index (κ3) is 2.29. The second-order valence-corrected chi connectivity index (χ2v) is 5.18. The number of nitrogens with two attached hydrogens (primary N) is 1. The van der Waals surface area contributed by atoms with E-state index in [0.29, 0.717) is 22.6 Å². The van der Waals surface area contributed by atoms with Gasteiger partial charge in [-0.3, -0.25) is 9.59 Å². The van der Waals surface area contributed by atoms with Crippen molar-refractivity contribution in [3.05, 3.63) is 59.2 Å². The molecule has 0 spiro atoms. The maximum Gasteiger partial charge on any atom is 0.218 e. The van der Waals surface area contributed by atoms with E-state index in [1.54, 1.807) is 12.1 Å². The molecule has 3 rings (SSSR count). The van der Waals surface area contributed by atoms with Gasteiger partial charge < -0.3 is 10.5 Å². The first-order valence-electron chi connectivity index (χ1n) is 6.77. The smallest absolute Gasteiger partial charge is 0.218 e. The first-order chi connectivity index (χ1) is 10.1. The number of amides is 1. The average Bonchev–Trinajstić information content (AvgIpc) is 2.57. The number of primary amides is 1. The molecule has 2 aromatic rings. The van der Waals surface area contributed by atoms with Crippen LogP contribution >= 0.6 is 0 Å². The molecule has 0 fully saturated rings. The zero-order valence-electron chi connectivity index (χ0n) is 11.6. The van der Waals surface area contributed by atoms with Crippen LogP contribution in [0.15, 0.2) is 42.5 Å². The Balaban J connectivity index is 2.22. The Hall–Kier alpha value is -2.62. The second-order valence-electron chi connectivity index (χ2n) is 5.18. The molecule has 2 aromatic carbocycles. The van der Waals surface area contributed by atoms with E-state index >= 15 is 0 Å². The Kier molecular flexibility index (Phi) is 3.22. The lowest BCUT2D eigenvalue weighted by atomic mass is 9.87. The van der Waals surface area contributed by atoms with Gasteiger partial charge in [0.05, 0.1) is 11.5 Å². The molecule has 0 aliphatic carbocycles. The van der Waals surface area contributed by atoms with Crippen LogP contribution in [0.2, 0.25) is 0 Å². The van der Waals surface area contributed by atoms with Crippen molar-refractivity contribution in [3.63, 3.8) is 0 Å². The van der Waals surface area contributed by atoms with E-state index in [0.717, 1.165) is 5.56 Å². The van der Waals surface area contributed by atoms with Crippen molar-refractivity contribution in [3.8, 4) is 11.5 Å². The van der Waals surface area contributed by atoms with Gasteiger partial charge in [-0.15, -0.1) is 0 Å². The SMILES string of the molecule is Cc1cccc2c1Oc1ccccc1C(CC(N)=O)C2=O. The number of aryl methyl sites for hydroxylation is 1. The van der Waals surface area contributed by atoms with Crippen LogP contribution in [0.4, 0.5) is 0 Å². The quantitative estimate of drug-likeness (QED) is 0.920. The maximum atomic E-state index is 12.8. The molecule has 0 bridgehead atoms. The van der Waals surface area contributed by atoms with Gasteiger partial charge in [0, 0.05) is 12.0 Å². The van der Waals surface area contributed by atoms with Gasteiger partial charge in [0.25, 0.3) is 0 Å². The lowest BCUT2D eigenvalue weighted by Crippen LogP contribution is -2.20. The molecule has 0 saturated carbocycles. The Morgan fingerprint density at radius 1 is 1.19 bits per heavy atom. The van der Waals surface area contributed by atoms with Crippen molar-refractivity contribution in [2.24, 2.45) is 5.73 Å². The number of hydrogen-bond acceptors (Lipinski definition) is 3. The Morgan fingerprint density at radius 2 is 1.95 bits per heavy atom. The van der Waals surface area contributed by atoms with E-state index < -0.39 is 11.8 Å². The lowest BCUT2D eigenvalue weighted by molar-refractivity contribution is -0.118. The topological polar surface area (TPSA) is 69.4 Å². The molecular formula is C17H15NO3. The summed E-state index contributed by atoms with van der Waals surface area (Å²) in [5.74, 6) is -0.0643. The van der Waals surface area contributed by atoms with Crippen LogP contribution in [-0.4, -0.2) is 11.7 Å². The summed E-state index contributed by atoms with van der Waals surface area (Å²) in [5.41, 5.74) is 7.40. The van der Waals surface area contributed by atoms with Crippen LogP contribution in [0.3, 0.4) is 0 Å². The van der Waals surface area contributed by atoms with Crippen LogP contribution in [0.5, 0.6) is 11.5 Å². The first-order valence-corrected chi connectivity index (χ1v) is 6.77. The third-order valence-corrected chi connectivity index (χ3v) is 3.71. The Labute approximate surface area is 122 Å². The van der Waals surface area contributed by atoms with Gasteiger partial charge in [-0.05, 0) is 24.6 Å². The van der Waals surface area contributed by atoms with E-state index in [-0.39, 0.29) is 12.2 Å². The van der Waals surface area contributed by atoms with E-state index in [4.69, 9.17) is 10.5 Å². The van der Waals surface area contributed by atoms with Gasteiger partial charge in [-0.1, -0.05) is 30.3 Å². The fourth-order valence-electron chi connectivity index (χ4n) is 2.69. The van der Waals surface area contributed by atoms with Crippen LogP contribution in [0.1, 0.15) is 33.8 Å². The summed E-state index contributed by atoms with van der Waals surface area (Å²) >= 11 is 0. The van der Waals surface area contributed by atoms with Crippen LogP contribution in [0.25, 0.3) is 0 Å². The Bertz CT molecular complexity index is 737. The average molecular weight is 281 g/mol. The van der Waals surface area contributed by atoms with Gasteiger partial charge in [-0.25, -0.2) is 0 Å². The van der Waals surface area contributed by atoms with Crippen LogP contribution in [-0.2, 0) is 4.79 Å². The third-order valence-electron chi connectivity index (χ3n) is 3.71. The van der Waals surface area contributed by atoms with E-state index in [1.165, 1.54) is 0 Å². The van der Waals surface area contributed by atoms with Gasteiger partial charge in [0.2, 0.25) is 5.91 Å². The molecule has 1 atom stereocenters. The summed E-state index contributed by atoms with van der Waals surface area (Å²) in [6.45, 7) is 1.89. The highest BCUT2D eigenvalue weighted by atomic mass is 16.5. The predicted octanol–water partition coefficient (Wildman–Crippen LogP) is 2.94. The van der Waals surface area contributed by atoms with Crippen molar-refractivity contribution in [1.82, 2.24) is 0 Å². The molecule has 0 radical (unpaired) electrons. The highest BCUT2D eigenvalue weighted by molar-refractivity contribution is 6.06. The Morgan fingerprint density at radius 3 is 2.71 bits per heavy atom. The number of para-hydroxylation sites is 2. The molecular weight excluding hydrogens is 266 g/mol. The number of benzene rings is 2. The molecule has 4 heteroatoms. The number of hydrogen-bond donors (Lipinski definition) is 1. The molecule has 0 aromatic heterocycles. The largest absolute Gasteiger partial charge is 0.456 e. The number of fused-ring (bicyclic) bond motifs is 2. The van der Waals surface area contributed by atoms with Gasteiger partial charge in [-0.2, -0.15) is 0 Å². The fraction of sp³-hybridized carbons (Fsp3) is 0.176. The number of ether oxygens (including phenoxy) is 1. The summed E-state index contributed by atoms with van der Waals surface area (Å²) in [4.78, 5) is 24.1. The summed E-state index contributed by atoms with van der Waals surface area (Å²) in [6, 6.07) is 12.7. The van der Waals surface area contributed by atoms with E-state index in [9.17, 15) is 9.59 Å². The molecule has 0 saturated heterocycles. The molecule has 1 aliphatic heterocycles. The van der Waals surface area contributed by atoms with Crippen molar-refractivity contribution in [1.29, 1.82) is 0 Å². The standard InChI is InChI=1S/C17H15NO3/c1-10-5-4-7-12-16(20)13(9-15(18)19)11-6-2-3-8-14(11)21-17(10)12/h2-8,13H,9H2,1H3,(H2,18,19). The minimum absolute atomic E-state index is 0.0212. The fourth-order valence-corrected chi connectivity index (χ4v) is 2.69. The first kappa shape index (κ1) is 13.4. The number of rotatable bonds is 2. The number of ketones is 1. The lowest BCUT2D eigenvalue weighted by Gasteiger charge is -2.13. The summed E-state index contributed by atoms with van der Waals surface area (Å²) in [5, 5.41) is 0. The van der Waals surface area contributed by atoms with E-state index in [1.807, 2.05) is 37.3 Å².